The van der Waals surface area contributed by atoms with Crippen molar-refractivity contribution in [3.05, 3.63) is 130 Å². The largest absolute Gasteiger partial charge is 0.508 e. The van der Waals surface area contributed by atoms with Crippen LogP contribution >= 0.6 is 11.6 Å². The summed E-state index contributed by atoms with van der Waals surface area (Å²) >= 11 is 6.42. The molecule has 2 aliphatic heterocycles. The second kappa shape index (κ2) is 15.7. The number of phenols is 1. The maximum atomic E-state index is 14.4. The van der Waals surface area contributed by atoms with Crippen molar-refractivity contribution in [1.82, 2.24) is 0 Å². The third kappa shape index (κ3) is 7.39. The number of hydrogen-bond donors (Lipinski definition) is 3. The van der Waals surface area contributed by atoms with Crippen LogP contribution < -0.4 is 20.7 Å². The van der Waals surface area contributed by atoms with Gasteiger partial charge in [0, 0.05) is 5.92 Å². The van der Waals surface area contributed by atoms with Crippen molar-refractivity contribution in [2.45, 2.75) is 58.1 Å². The first-order valence-electron chi connectivity index (χ1n) is 18.9. The van der Waals surface area contributed by atoms with Gasteiger partial charge in [0.2, 0.25) is 11.8 Å². The molecule has 4 aromatic rings. The third-order valence-electron chi connectivity index (χ3n) is 11.5. The van der Waals surface area contributed by atoms with Crippen LogP contribution in [0.2, 0.25) is 10.1 Å². The number of allylic oxidation sites excluding steroid dienone is 1. The Morgan fingerprint density at radius 2 is 1.60 bits per heavy atom. The lowest BCUT2D eigenvalue weighted by molar-refractivity contribution is -0.122. The van der Waals surface area contributed by atoms with Crippen molar-refractivity contribution in [2.75, 3.05) is 18.1 Å². The van der Waals surface area contributed by atoms with Gasteiger partial charge in [-0.25, -0.2) is 0 Å². The summed E-state index contributed by atoms with van der Waals surface area (Å²) in [4.78, 5) is 29.9. The van der Waals surface area contributed by atoms with E-state index in [1.165, 1.54) is 17.0 Å². The van der Waals surface area contributed by atoms with Gasteiger partial charge in [-0.1, -0.05) is 117 Å². The first-order valence-corrected chi connectivity index (χ1v) is 21.2. The number of phenolic OH excluding ortho intramolecular Hbond substituents is 1. The van der Waals surface area contributed by atoms with Crippen LogP contribution in [0.25, 0.3) is 6.08 Å². The predicted molar refractivity (Wildman–Crippen MR) is 220 cm³/mol. The molecule has 2 heterocycles. The number of halogens is 1. The van der Waals surface area contributed by atoms with Crippen LogP contribution in [0, 0.1) is 17.8 Å². The van der Waals surface area contributed by atoms with E-state index in [1.807, 2.05) is 25.1 Å². The Hall–Kier alpha value is -4.29. The van der Waals surface area contributed by atoms with Gasteiger partial charge in [-0.3, -0.25) is 14.5 Å². The van der Waals surface area contributed by atoms with Crippen molar-refractivity contribution >= 4 is 66.5 Å². The molecular formula is C44H47BClNO7Si. The lowest BCUT2D eigenvalue weighted by atomic mass is 9.69. The summed E-state index contributed by atoms with van der Waals surface area (Å²) in [7, 11) is -4.70. The van der Waals surface area contributed by atoms with Crippen molar-refractivity contribution < 1.29 is 33.9 Å². The minimum atomic E-state index is -2.96. The van der Waals surface area contributed by atoms with Crippen molar-refractivity contribution in [3.63, 3.8) is 0 Å². The van der Waals surface area contributed by atoms with Crippen molar-refractivity contribution in [3.8, 4) is 5.75 Å². The van der Waals surface area contributed by atoms with Crippen molar-refractivity contribution in [2.24, 2.45) is 17.8 Å². The zero-order valence-electron chi connectivity index (χ0n) is 31.6. The fraction of sp³-hybridized carbons (Fsp3) is 0.318. The first kappa shape index (κ1) is 39.0. The van der Waals surface area contributed by atoms with E-state index in [9.17, 15) is 24.7 Å². The van der Waals surface area contributed by atoms with Crippen LogP contribution in [0.5, 0.6) is 5.75 Å². The minimum absolute atomic E-state index is 0.109. The summed E-state index contributed by atoms with van der Waals surface area (Å²) in [5.41, 5.74) is 4.49. The van der Waals surface area contributed by atoms with Gasteiger partial charge in [-0.2, -0.15) is 0 Å². The molecule has 0 spiro atoms. The van der Waals surface area contributed by atoms with Gasteiger partial charge >= 0.3 is 7.12 Å². The zero-order chi connectivity index (χ0) is 39.1. The number of fused-ring (bicyclic) bond motifs is 3. The SMILES string of the molecule is C/C(=C\c1ccc(O)cc1Cl)CC[C@H]1OC[C@H]2C1=C(CO[Si](c1ccccc1)(c1ccccc1)C(C)(C)C)C[C@H]1C(=O)N(c3cccc(B(O)O)c3)C(=O)[C@H]12. The maximum Gasteiger partial charge on any atom is 0.488 e. The molecule has 2 fully saturated rings. The molecule has 8 nitrogen and oxygen atoms in total. The molecule has 4 aromatic carbocycles. The number of carbonyl (C=O) groups excluding carboxylic acids is 2. The lowest BCUT2D eigenvalue weighted by Crippen LogP contribution is -2.66. The van der Waals surface area contributed by atoms with Gasteiger partial charge < -0.3 is 24.3 Å². The number of amides is 2. The highest BCUT2D eigenvalue weighted by Crippen LogP contribution is 2.51. The summed E-state index contributed by atoms with van der Waals surface area (Å²) < 4.78 is 14.1. The molecule has 0 unspecified atom stereocenters. The topological polar surface area (TPSA) is 117 Å². The van der Waals surface area contributed by atoms with E-state index in [0.29, 0.717) is 36.6 Å². The predicted octanol–water partition coefficient (Wildman–Crippen LogP) is 6.01. The van der Waals surface area contributed by atoms with Crippen LogP contribution in [0.4, 0.5) is 5.69 Å². The summed E-state index contributed by atoms with van der Waals surface area (Å²) in [6.07, 6.45) is 3.44. The molecule has 3 aliphatic rings. The number of hydrogen-bond acceptors (Lipinski definition) is 7. The van der Waals surface area contributed by atoms with E-state index in [2.05, 4.69) is 69.3 Å². The highest BCUT2D eigenvalue weighted by Gasteiger charge is 2.58. The van der Waals surface area contributed by atoms with Crippen LogP contribution in [0.3, 0.4) is 0 Å². The van der Waals surface area contributed by atoms with Gasteiger partial charge in [0.25, 0.3) is 8.32 Å². The number of rotatable bonds is 11. The standard InChI is InChI=1S/C44H47BClNO7Si/c1-28(22-29-19-20-33(48)25-38(29)46)18-21-39-40-30(26-54-55(44(2,3)4,34-14-7-5-8-15-34)35-16-9-6-10-17-35)23-36-41(37(40)27-53-39)43(50)47(42(36)49)32-13-11-12-31(24-32)45(51)52/h5-17,19-20,22,24-25,36-37,39,41,48,51-52H,18,21,23,26-27H2,1-4H3/b28-22+/t36-,37+,39-,41-/m1/s1. The van der Waals surface area contributed by atoms with Gasteiger partial charge in [-0.05, 0) is 94.1 Å². The maximum absolute atomic E-state index is 14.4. The van der Waals surface area contributed by atoms with E-state index in [-0.39, 0.29) is 46.7 Å². The summed E-state index contributed by atoms with van der Waals surface area (Å²) in [6, 6.07) is 32.2. The minimum Gasteiger partial charge on any atom is -0.508 e. The molecular weight excluding hydrogens is 729 g/mol. The second-order valence-electron chi connectivity index (χ2n) is 16.0. The lowest BCUT2D eigenvalue weighted by Gasteiger charge is -2.44. The monoisotopic (exact) mass is 775 g/mol. The smallest absolute Gasteiger partial charge is 0.488 e. The number of aromatic hydroxyl groups is 1. The molecule has 4 atom stereocenters. The number of carbonyl (C=O) groups is 2. The van der Waals surface area contributed by atoms with E-state index >= 15 is 0 Å². The molecule has 0 bridgehead atoms. The molecule has 0 aromatic heterocycles. The summed E-state index contributed by atoms with van der Waals surface area (Å²) in [6.45, 7) is 9.35. The Kier molecular flexibility index (Phi) is 11.1. The summed E-state index contributed by atoms with van der Waals surface area (Å²) in [5, 5.41) is 32.1. The second-order valence-corrected chi connectivity index (χ2v) is 20.7. The van der Waals surface area contributed by atoms with Crippen LogP contribution in [-0.4, -0.2) is 61.7 Å². The van der Waals surface area contributed by atoms with Gasteiger partial charge in [0.1, 0.15) is 5.75 Å². The van der Waals surface area contributed by atoms with Gasteiger partial charge in [0.05, 0.1) is 41.9 Å². The van der Waals surface area contributed by atoms with E-state index in [1.54, 1.807) is 30.3 Å². The Labute approximate surface area is 329 Å². The quantitative estimate of drug-likeness (QED) is 0.0972. The Morgan fingerprint density at radius 1 is 0.927 bits per heavy atom. The van der Waals surface area contributed by atoms with Crippen molar-refractivity contribution in [1.29, 1.82) is 0 Å². The molecule has 55 heavy (non-hydrogen) atoms. The molecule has 2 amide bonds. The molecule has 7 rings (SSSR count). The Morgan fingerprint density at radius 3 is 2.22 bits per heavy atom. The molecule has 1 aliphatic carbocycles. The van der Waals surface area contributed by atoms with E-state index in [0.717, 1.165) is 32.7 Å². The third-order valence-corrected chi connectivity index (χ3v) is 16.8. The Balaban J connectivity index is 1.27. The molecule has 11 heteroatoms. The molecule has 2 saturated heterocycles. The average Bonchev–Trinajstić information content (AvgIpc) is 3.70. The highest BCUT2D eigenvalue weighted by molar-refractivity contribution is 6.99. The van der Waals surface area contributed by atoms with E-state index < -0.39 is 27.3 Å². The fourth-order valence-electron chi connectivity index (χ4n) is 8.97. The normalized spacial score (nSPS) is 21.6. The van der Waals surface area contributed by atoms with Gasteiger partial charge in [0.15, 0.2) is 0 Å². The fourth-order valence-corrected chi connectivity index (χ4v) is 13.7. The van der Waals surface area contributed by atoms with Gasteiger partial charge in [-0.15, -0.1) is 0 Å². The number of nitrogens with zero attached hydrogens (tertiary/aromatic N) is 1. The van der Waals surface area contributed by atoms with E-state index in [4.69, 9.17) is 20.8 Å². The number of ether oxygens (including phenoxy) is 1. The number of benzene rings is 4. The molecule has 0 saturated carbocycles. The van der Waals surface area contributed by atoms with Crippen LogP contribution in [0.1, 0.15) is 52.5 Å². The molecule has 284 valence electrons. The summed E-state index contributed by atoms with van der Waals surface area (Å²) in [5.74, 6) is -2.02. The highest BCUT2D eigenvalue weighted by atomic mass is 35.5. The average molecular weight is 776 g/mol. The molecule has 0 radical (unpaired) electrons. The number of anilines is 1. The first-order chi connectivity index (χ1) is 26.3. The van der Waals surface area contributed by atoms with Crippen LogP contribution in [-0.2, 0) is 18.8 Å². The Bertz CT molecular complexity index is 2100. The van der Waals surface area contributed by atoms with Crippen LogP contribution in [0.15, 0.2) is 120 Å². The molecule has 3 N–H and O–H groups in total. The number of imide groups is 1. The zero-order valence-corrected chi connectivity index (χ0v) is 33.4.